The Kier molecular flexibility index (Phi) is 4.70. The average Bonchev–Trinajstić information content (AvgIpc) is 2.74. The molecular formula is C15H19N3O3. The lowest BCUT2D eigenvalue weighted by Crippen LogP contribution is -2.44. The Labute approximate surface area is 123 Å². The van der Waals surface area contributed by atoms with Gasteiger partial charge in [0.25, 0.3) is 11.8 Å². The summed E-state index contributed by atoms with van der Waals surface area (Å²) >= 11 is 0. The third-order valence-electron chi connectivity index (χ3n) is 3.51. The molecule has 2 N–H and O–H groups in total. The number of benzene rings is 1. The van der Waals surface area contributed by atoms with Gasteiger partial charge in [-0.1, -0.05) is 25.5 Å². The number of nitrogens with two attached hydrogens (primary N) is 1. The molecule has 0 bridgehead atoms. The van der Waals surface area contributed by atoms with Crippen molar-refractivity contribution < 1.29 is 14.4 Å². The number of rotatable bonds is 6. The van der Waals surface area contributed by atoms with Gasteiger partial charge in [0.05, 0.1) is 17.7 Å². The van der Waals surface area contributed by atoms with Gasteiger partial charge in [0, 0.05) is 13.0 Å². The van der Waals surface area contributed by atoms with Crippen LogP contribution in [0.2, 0.25) is 0 Å². The van der Waals surface area contributed by atoms with Gasteiger partial charge in [-0.15, -0.1) is 0 Å². The molecule has 6 heteroatoms. The van der Waals surface area contributed by atoms with Crippen LogP contribution in [0.4, 0.5) is 0 Å². The van der Waals surface area contributed by atoms with Gasteiger partial charge in [-0.25, -0.2) is 5.84 Å². The van der Waals surface area contributed by atoms with Gasteiger partial charge in [-0.2, -0.15) is 0 Å². The van der Waals surface area contributed by atoms with E-state index in [9.17, 15) is 14.4 Å². The molecule has 1 aliphatic rings. The zero-order chi connectivity index (χ0) is 15.4. The monoisotopic (exact) mass is 289 g/mol. The van der Waals surface area contributed by atoms with Crippen LogP contribution in [0.1, 0.15) is 46.9 Å². The second-order valence-corrected chi connectivity index (χ2v) is 5.00. The smallest absolute Gasteiger partial charge is 0.261 e. The highest BCUT2D eigenvalue weighted by Gasteiger charge is 2.34. The Balaban J connectivity index is 1.95. The van der Waals surface area contributed by atoms with Crippen molar-refractivity contribution >= 4 is 17.7 Å². The van der Waals surface area contributed by atoms with Crippen molar-refractivity contribution in [2.45, 2.75) is 26.2 Å². The van der Waals surface area contributed by atoms with Crippen molar-refractivity contribution in [2.75, 3.05) is 13.1 Å². The lowest BCUT2D eigenvalue weighted by atomic mass is 10.1. The second-order valence-electron chi connectivity index (χ2n) is 5.00. The van der Waals surface area contributed by atoms with Crippen LogP contribution in [-0.2, 0) is 4.79 Å². The van der Waals surface area contributed by atoms with Crippen LogP contribution in [0.15, 0.2) is 24.3 Å². The maximum absolute atomic E-state index is 12.1. The highest BCUT2D eigenvalue weighted by atomic mass is 16.2. The number of carbonyl (C=O) groups is 3. The summed E-state index contributed by atoms with van der Waals surface area (Å²) in [5.74, 6) is 4.84. The van der Waals surface area contributed by atoms with Crippen LogP contribution in [0.5, 0.6) is 0 Å². The molecule has 1 heterocycles. The predicted molar refractivity (Wildman–Crippen MR) is 77.2 cm³/mol. The summed E-state index contributed by atoms with van der Waals surface area (Å²) in [5.41, 5.74) is 0.812. The summed E-state index contributed by atoms with van der Waals surface area (Å²) in [7, 11) is 0. The van der Waals surface area contributed by atoms with Gasteiger partial charge >= 0.3 is 0 Å². The lowest BCUT2D eigenvalue weighted by molar-refractivity contribution is -0.131. The fraction of sp³-hybridized carbons (Fsp3) is 0.400. The minimum Gasteiger partial charge on any atom is -0.279 e. The summed E-state index contributed by atoms with van der Waals surface area (Å²) in [5, 5.41) is 1.08. The molecule has 21 heavy (non-hydrogen) atoms. The fourth-order valence-corrected chi connectivity index (χ4v) is 2.25. The van der Waals surface area contributed by atoms with Gasteiger partial charge < -0.3 is 0 Å². The zero-order valence-electron chi connectivity index (χ0n) is 12.0. The standard InChI is InChI=1S/C15H19N3O3/c1-2-3-8-13(19)18(16)10-9-17-14(20)11-6-4-5-7-12(11)15(17)21/h4-7H,2-3,8-10,16H2,1H3. The number of amides is 3. The Morgan fingerprint density at radius 2 is 1.76 bits per heavy atom. The maximum Gasteiger partial charge on any atom is 0.261 e. The first-order chi connectivity index (χ1) is 10.1. The number of hydrogen-bond acceptors (Lipinski definition) is 4. The van der Waals surface area contributed by atoms with Crippen molar-refractivity contribution in [2.24, 2.45) is 5.84 Å². The highest BCUT2D eigenvalue weighted by Crippen LogP contribution is 2.21. The molecule has 1 aliphatic heterocycles. The number of imide groups is 1. The molecule has 0 unspecified atom stereocenters. The molecule has 0 atom stereocenters. The molecule has 6 nitrogen and oxygen atoms in total. The van der Waals surface area contributed by atoms with Crippen molar-refractivity contribution in [1.29, 1.82) is 0 Å². The van der Waals surface area contributed by atoms with E-state index in [1.54, 1.807) is 24.3 Å². The summed E-state index contributed by atoms with van der Waals surface area (Å²) in [6, 6.07) is 6.69. The predicted octanol–water partition coefficient (Wildman–Crippen LogP) is 1.18. The first-order valence-electron chi connectivity index (χ1n) is 7.06. The van der Waals surface area contributed by atoms with Crippen molar-refractivity contribution in [3.8, 4) is 0 Å². The molecule has 0 spiro atoms. The van der Waals surface area contributed by atoms with Crippen LogP contribution in [0, 0.1) is 0 Å². The van der Waals surface area contributed by atoms with Crippen molar-refractivity contribution in [3.05, 3.63) is 35.4 Å². The molecule has 112 valence electrons. The van der Waals surface area contributed by atoms with E-state index in [-0.39, 0.29) is 30.8 Å². The first-order valence-corrected chi connectivity index (χ1v) is 7.06. The largest absolute Gasteiger partial charge is 0.279 e. The lowest BCUT2D eigenvalue weighted by Gasteiger charge is -2.20. The Hall–Kier alpha value is -2.21. The summed E-state index contributed by atoms with van der Waals surface area (Å²) in [4.78, 5) is 37.1. The molecule has 0 saturated carbocycles. The minimum atomic E-state index is -0.329. The van der Waals surface area contributed by atoms with Crippen LogP contribution in [0.25, 0.3) is 0 Å². The van der Waals surface area contributed by atoms with E-state index >= 15 is 0 Å². The van der Waals surface area contributed by atoms with E-state index in [0.717, 1.165) is 22.8 Å². The number of hydrogen-bond donors (Lipinski definition) is 1. The molecule has 0 radical (unpaired) electrons. The number of hydrazine groups is 1. The van der Waals surface area contributed by atoms with Crippen molar-refractivity contribution in [1.82, 2.24) is 9.91 Å². The van der Waals surface area contributed by atoms with Crippen LogP contribution in [-0.4, -0.2) is 40.7 Å². The molecule has 0 aliphatic carbocycles. The normalized spacial score (nSPS) is 13.5. The summed E-state index contributed by atoms with van der Waals surface area (Å²) < 4.78 is 0. The number of fused-ring (bicyclic) bond motifs is 1. The van der Waals surface area contributed by atoms with Crippen LogP contribution < -0.4 is 5.84 Å². The average molecular weight is 289 g/mol. The Morgan fingerprint density at radius 3 is 2.29 bits per heavy atom. The quantitative estimate of drug-likeness (QED) is 0.369. The SMILES string of the molecule is CCCCC(=O)N(N)CCN1C(=O)c2ccccc2C1=O. The second kappa shape index (κ2) is 6.49. The number of carbonyl (C=O) groups excluding carboxylic acids is 3. The molecule has 0 fully saturated rings. The van der Waals surface area contributed by atoms with E-state index in [1.807, 2.05) is 6.92 Å². The van der Waals surface area contributed by atoms with Gasteiger partial charge in [-0.3, -0.25) is 24.3 Å². The third-order valence-corrected chi connectivity index (χ3v) is 3.51. The van der Waals surface area contributed by atoms with Gasteiger partial charge in [-0.05, 0) is 18.6 Å². The van der Waals surface area contributed by atoms with Crippen LogP contribution >= 0.6 is 0 Å². The number of nitrogens with zero attached hydrogens (tertiary/aromatic N) is 2. The minimum absolute atomic E-state index is 0.112. The van der Waals surface area contributed by atoms with Gasteiger partial charge in [0.15, 0.2) is 0 Å². The van der Waals surface area contributed by atoms with Gasteiger partial charge in [0.2, 0.25) is 5.91 Å². The van der Waals surface area contributed by atoms with Crippen LogP contribution in [0.3, 0.4) is 0 Å². The summed E-state index contributed by atoms with van der Waals surface area (Å²) in [6.45, 7) is 2.25. The molecule has 3 amide bonds. The molecule has 2 rings (SSSR count). The Bertz CT molecular complexity index is 536. The van der Waals surface area contributed by atoms with E-state index in [4.69, 9.17) is 5.84 Å². The topological polar surface area (TPSA) is 83.7 Å². The molecule has 1 aromatic rings. The molecule has 0 aromatic heterocycles. The van der Waals surface area contributed by atoms with E-state index < -0.39 is 0 Å². The molecular weight excluding hydrogens is 270 g/mol. The molecule has 1 aromatic carbocycles. The maximum atomic E-state index is 12.1. The van der Waals surface area contributed by atoms with Gasteiger partial charge in [0.1, 0.15) is 0 Å². The Morgan fingerprint density at radius 1 is 1.19 bits per heavy atom. The first kappa shape index (κ1) is 15.2. The van der Waals surface area contributed by atoms with E-state index in [0.29, 0.717) is 17.5 Å². The van der Waals surface area contributed by atoms with Crippen molar-refractivity contribution in [3.63, 3.8) is 0 Å². The highest BCUT2D eigenvalue weighted by molar-refractivity contribution is 6.21. The molecule has 0 saturated heterocycles. The zero-order valence-corrected chi connectivity index (χ0v) is 12.0. The number of unbranched alkanes of at least 4 members (excludes halogenated alkanes) is 1. The van der Waals surface area contributed by atoms with E-state index in [1.165, 1.54) is 0 Å². The van der Waals surface area contributed by atoms with E-state index in [2.05, 4.69) is 0 Å². The fourth-order valence-electron chi connectivity index (χ4n) is 2.25. The third kappa shape index (κ3) is 3.11. The summed E-state index contributed by atoms with van der Waals surface area (Å²) in [6.07, 6.45) is 2.08.